The maximum atomic E-state index is 9.74. The van der Waals surface area contributed by atoms with E-state index in [9.17, 15) is 10.1 Å². The van der Waals surface area contributed by atoms with E-state index in [0.717, 1.165) is 0 Å². The molecule has 4 heteroatoms. The van der Waals surface area contributed by atoms with Crippen molar-refractivity contribution < 1.29 is 5.03 Å². The highest BCUT2D eigenvalue weighted by Crippen LogP contribution is 2.09. The van der Waals surface area contributed by atoms with Crippen molar-refractivity contribution in [2.75, 3.05) is 6.54 Å². The van der Waals surface area contributed by atoms with Crippen LogP contribution in [0.2, 0.25) is 0 Å². The van der Waals surface area contributed by atoms with Crippen molar-refractivity contribution in [3.63, 3.8) is 0 Å². The Morgan fingerprint density at radius 3 is 2.11 bits per heavy atom. The molecule has 0 amide bonds. The van der Waals surface area contributed by atoms with Crippen LogP contribution in [0.15, 0.2) is 0 Å². The second-order valence-electron chi connectivity index (χ2n) is 3.15. The Hall–Kier alpha value is -0.800. The quantitative estimate of drug-likeness (QED) is 0.447. The third-order valence-electron chi connectivity index (χ3n) is 0.738. The monoisotopic (exact) mass is 132 g/mol. The standard InChI is InChI=1S/C5H12N2O2/c1-5(2,3)4-6-7(8)9/h6H,4H2,1-3H3. The van der Waals surface area contributed by atoms with E-state index in [2.05, 4.69) is 5.43 Å². The zero-order valence-electron chi connectivity index (χ0n) is 5.97. The Balaban J connectivity index is 3.39. The van der Waals surface area contributed by atoms with E-state index in [-0.39, 0.29) is 5.41 Å². The predicted octanol–water partition coefficient (Wildman–Crippen LogP) is 0.814. The molecule has 0 aromatic carbocycles. The number of nitrogens with zero attached hydrogens (tertiary/aromatic N) is 1. The molecule has 0 aliphatic heterocycles. The van der Waals surface area contributed by atoms with Gasteiger partial charge in [0.1, 0.15) is 0 Å². The van der Waals surface area contributed by atoms with Crippen LogP contribution >= 0.6 is 0 Å². The van der Waals surface area contributed by atoms with E-state index in [0.29, 0.717) is 6.54 Å². The summed E-state index contributed by atoms with van der Waals surface area (Å²) in [5, 5.41) is 9.22. The number of nitro groups is 1. The van der Waals surface area contributed by atoms with Gasteiger partial charge in [0.25, 0.3) is 0 Å². The van der Waals surface area contributed by atoms with Crippen LogP contribution in [0.1, 0.15) is 20.8 Å². The first-order valence-corrected chi connectivity index (χ1v) is 2.80. The highest BCUT2D eigenvalue weighted by atomic mass is 16.7. The molecule has 0 spiro atoms. The Morgan fingerprint density at radius 2 is 2.00 bits per heavy atom. The van der Waals surface area contributed by atoms with E-state index in [1.807, 2.05) is 20.8 Å². The Morgan fingerprint density at radius 1 is 1.56 bits per heavy atom. The lowest BCUT2D eigenvalue weighted by Crippen LogP contribution is -2.31. The number of hydrogen-bond donors (Lipinski definition) is 1. The molecule has 0 rings (SSSR count). The van der Waals surface area contributed by atoms with Crippen molar-refractivity contribution in [1.29, 1.82) is 0 Å². The van der Waals surface area contributed by atoms with Crippen molar-refractivity contribution in [3.8, 4) is 0 Å². The lowest BCUT2D eigenvalue weighted by atomic mass is 9.98. The van der Waals surface area contributed by atoms with Crippen LogP contribution in [0.25, 0.3) is 0 Å². The average Bonchev–Trinajstić information content (AvgIpc) is 1.59. The van der Waals surface area contributed by atoms with E-state index in [1.165, 1.54) is 0 Å². The lowest BCUT2D eigenvalue weighted by Gasteiger charge is -2.14. The van der Waals surface area contributed by atoms with Crippen LogP contribution in [-0.2, 0) is 0 Å². The molecule has 0 heterocycles. The van der Waals surface area contributed by atoms with Crippen molar-refractivity contribution in [1.82, 2.24) is 5.43 Å². The van der Waals surface area contributed by atoms with Crippen LogP contribution in [-0.4, -0.2) is 11.6 Å². The summed E-state index contributed by atoms with van der Waals surface area (Å²) in [6, 6.07) is 0. The highest BCUT2D eigenvalue weighted by Gasteiger charge is 2.11. The number of hydrogen-bond acceptors (Lipinski definition) is 2. The van der Waals surface area contributed by atoms with Crippen LogP contribution in [0.4, 0.5) is 0 Å². The summed E-state index contributed by atoms with van der Waals surface area (Å²) >= 11 is 0. The second kappa shape index (κ2) is 2.66. The topological polar surface area (TPSA) is 55.2 Å². The molecule has 0 saturated carbocycles. The third kappa shape index (κ3) is 7.20. The van der Waals surface area contributed by atoms with Gasteiger partial charge in [0.05, 0.1) is 6.54 Å². The molecule has 0 aliphatic rings. The van der Waals surface area contributed by atoms with Crippen molar-refractivity contribution in [3.05, 3.63) is 10.1 Å². The molecular weight excluding hydrogens is 120 g/mol. The molecule has 0 aliphatic carbocycles. The summed E-state index contributed by atoms with van der Waals surface area (Å²) in [4.78, 5) is 9.74. The molecule has 0 fully saturated rings. The Kier molecular flexibility index (Phi) is 2.42. The van der Waals surface area contributed by atoms with Crippen molar-refractivity contribution >= 4 is 0 Å². The molecule has 0 atom stereocenters. The fourth-order valence-corrected chi connectivity index (χ4v) is 0.302. The molecule has 0 unspecified atom stereocenters. The molecule has 1 N–H and O–H groups in total. The molecule has 0 aromatic heterocycles. The van der Waals surface area contributed by atoms with Crippen LogP contribution < -0.4 is 5.43 Å². The third-order valence-corrected chi connectivity index (χ3v) is 0.738. The van der Waals surface area contributed by atoms with Gasteiger partial charge < -0.3 is 0 Å². The summed E-state index contributed by atoms with van der Waals surface area (Å²) < 4.78 is 0. The zero-order valence-corrected chi connectivity index (χ0v) is 5.97. The maximum absolute atomic E-state index is 9.74. The SMILES string of the molecule is CC(C)(C)CN[N+](=O)[O-]. The number of hydrazine groups is 1. The van der Waals surface area contributed by atoms with Gasteiger partial charge in [-0.05, 0) is 5.41 Å². The highest BCUT2D eigenvalue weighted by molar-refractivity contribution is 4.60. The molecule has 0 bridgehead atoms. The van der Waals surface area contributed by atoms with Gasteiger partial charge >= 0.3 is 0 Å². The molecule has 0 radical (unpaired) electrons. The number of rotatable bonds is 2. The molecule has 4 nitrogen and oxygen atoms in total. The zero-order chi connectivity index (χ0) is 7.49. The Bertz CT molecular complexity index is 106. The van der Waals surface area contributed by atoms with Gasteiger partial charge in [0, 0.05) is 0 Å². The summed E-state index contributed by atoms with van der Waals surface area (Å²) in [5.41, 5.74) is 2.09. The van der Waals surface area contributed by atoms with Crippen LogP contribution in [0.5, 0.6) is 0 Å². The minimum Gasteiger partial charge on any atom is -0.235 e. The second-order valence-corrected chi connectivity index (χ2v) is 3.15. The van der Waals surface area contributed by atoms with Gasteiger partial charge in [-0.15, -0.1) is 5.43 Å². The lowest BCUT2D eigenvalue weighted by molar-refractivity contribution is -0.546. The molecule has 54 valence electrons. The summed E-state index contributed by atoms with van der Waals surface area (Å²) in [7, 11) is 0. The summed E-state index contributed by atoms with van der Waals surface area (Å²) in [6.07, 6.45) is 0. The summed E-state index contributed by atoms with van der Waals surface area (Å²) in [6.45, 7) is 6.20. The predicted molar refractivity (Wildman–Crippen MR) is 34.5 cm³/mol. The Labute approximate surface area is 54.4 Å². The first-order valence-electron chi connectivity index (χ1n) is 2.80. The van der Waals surface area contributed by atoms with Gasteiger partial charge in [-0.3, -0.25) is 0 Å². The van der Waals surface area contributed by atoms with Crippen LogP contribution in [0, 0.1) is 15.5 Å². The fourth-order valence-electron chi connectivity index (χ4n) is 0.302. The van der Waals surface area contributed by atoms with E-state index < -0.39 is 5.03 Å². The largest absolute Gasteiger partial charge is 0.235 e. The maximum Gasteiger partial charge on any atom is 0.157 e. The first-order chi connectivity index (χ1) is 3.92. The van der Waals surface area contributed by atoms with Gasteiger partial charge in [-0.25, -0.2) is 10.1 Å². The first kappa shape index (κ1) is 8.20. The normalized spacial score (nSPS) is 11.0. The molecule has 9 heavy (non-hydrogen) atoms. The smallest absolute Gasteiger partial charge is 0.157 e. The van der Waals surface area contributed by atoms with E-state index in [4.69, 9.17) is 0 Å². The minimum absolute atomic E-state index is 0.0208. The van der Waals surface area contributed by atoms with Crippen LogP contribution in [0.3, 0.4) is 0 Å². The average molecular weight is 132 g/mol. The van der Waals surface area contributed by atoms with Gasteiger partial charge in [-0.2, -0.15) is 0 Å². The fraction of sp³-hybridized carbons (Fsp3) is 1.00. The summed E-state index contributed by atoms with van der Waals surface area (Å²) in [5.74, 6) is 0. The van der Waals surface area contributed by atoms with Gasteiger partial charge in [0.2, 0.25) is 0 Å². The van der Waals surface area contributed by atoms with Crippen molar-refractivity contribution in [2.45, 2.75) is 20.8 Å². The van der Waals surface area contributed by atoms with E-state index in [1.54, 1.807) is 0 Å². The van der Waals surface area contributed by atoms with Crippen molar-refractivity contribution in [2.24, 2.45) is 5.41 Å². The molecular formula is C5H12N2O2. The molecule has 0 saturated heterocycles. The molecule has 0 aromatic rings. The van der Waals surface area contributed by atoms with Gasteiger partial charge in [-0.1, -0.05) is 20.8 Å². The number of nitrogens with one attached hydrogen (secondary N) is 1. The minimum atomic E-state index is -0.523. The van der Waals surface area contributed by atoms with Gasteiger partial charge in [0.15, 0.2) is 5.03 Å². The van der Waals surface area contributed by atoms with E-state index >= 15 is 0 Å².